The van der Waals surface area contributed by atoms with Crippen LogP contribution in [-0.2, 0) is 0 Å². The van der Waals surface area contributed by atoms with Crippen LogP contribution < -0.4 is 5.32 Å². The molecule has 0 unspecified atom stereocenters. The van der Waals surface area contributed by atoms with Crippen LogP contribution in [0.5, 0.6) is 5.75 Å². The van der Waals surface area contributed by atoms with Crippen molar-refractivity contribution in [1.29, 1.82) is 0 Å². The van der Waals surface area contributed by atoms with E-state index < -0.39 is 40.0 Å². The van der Waals surface area contributed by atoms with Crippen LogP contribution in [0.15, 0.2) is 12.1 Å². The van der Waals surface area contributed by atoms with Gasteiger partial charge in [0.25, 0.3) is 0 Å². The average Bonchev–Trinajstić information content (AvgIpc) is 2.42. The van der Waals surface area contributed by atoms with E-state index in [4.69, 9.17) is 0 Å². The van der Waals surface area contributed by atoms with Crippen molar-refractivity contribution >= 4 is 30.5 Å². The molecular formula is C12H15Cl2F4N3O3. The Kier molecular flexibility index (Phi) is 8.16. The first kappa shape index (κ1) is 22.6. The third-order valence-electron chi connectivity index (χ3n) is 3.40. The first-order valence-electron chi connectivity index (χ1n) is 6.40. The SMILES string of the molecule is Cl.Cl.O=[N+]([O-])c1cc(F)cc([C@@H](N2CCNCC2)C(F)(F)F)c1O. The van der Waals surface area contributed by atoms with Crippen molar-refractivity contribution in [3.05, 3.63) is 33.6 Å². The van der Waals surface area contributed by atoms with Crippen molar-refractivity contribution in [2.24, 2.45) is 0 Å². The number of phenolic OH excluding ortho intramolecular Hbond substituents is 1. The van der Waals surface area contributed by atoms with Gasteiger partial charge < -0.3 is 10.4 Å². The molecule has 1 heterocycles. The molecule has 0 spiro atoms. The maximum atomic E-state index is 13.5. The van der Waals surface area contributed by atoms with Gasteiger partial charge in [-0.3, -0.25) is 15.0 Å². The fourth-order valence-corrected chi connectivity index (χ4v) is 2.47. The number of piperazine rings is 1. The minimum atomic E-state index is -4.81. The van der Waals surface area contributed by atoms with Gasteiger partial charge in [0.05, 0.1) is 11.0 Å². The molecule has 1 atom stereocenters. The molecule has 1 fully saturated rings. The third kappa shape index (κ3) is 4.82. The van der Waals surface area contributed by atoms with Crippen molar-refractivity contribution in [2.75, 3.05) is 26.2 Å². The highest BCUT2D eigenvalue weighted by Gasteiger charge is 2.47. The predicted molar refractivity (Wildman–Crippen MR) is 82.5 cm³/mol. The Labute approximate surface area is 146 Å². The average molecular weight is 396 g/mol. The van der Waals surface area contributed by atoms with Crippen LogP contribution in [0.4, 0.5) is 23.2 Å². The Balaban J connectivity index is 0.00000264. The topological polar surface area (TPSA) is 78.6 Å². The number of nitrogens with zero attached hydrogens (tertiary/aromatic N) is 2. The Bertz CT molecular complexity index is 583. The predicted octanol–water partition coefficient (Wildman–Crippen LogP) is 2.79. The number of hydrogen-bond acceptors (Lipinski definition) is 5. The summed E-state index contributed by atoms with van der Waals surface area (Å²) in [6, 6.07) is -1.42. The number of nitro benzene ring substituents is 1. The molecule has 0 aromatic heterocycles. The highest BCUT2D eigenvalue weighted by atomic mass is 35.5. The molecule has 12 heteroatoms. The quantitative estimate of drug-likeness (QED) is 0.467. The number of benzene rings is 1. The van der Waals surface area contributed by atoms with E-state index in [-0.39, 0.29) is 37.9 Å². The van der Waals surface area contributed by atoms with Crippen LogP contribution in [0, 0.1) is 15.9 Å². The summed E-state index contributed by atoms with van der Waals surface area (Å²) in [4.78, 5) is 10.6. The summed E-state index contributed by atoms with van der Waals surface area (Å²) < 4.78 is 53.6. The van der Waals surface area contributed by atoms with E-state index in [0.29, 0.717) is 25.2 Å². The molecule has 0 amide bonds. The zero-order valence-electron chi connectivity index (χ0n) is 12.0. The zero-order valence-corrected chi connectivity index (χ0v) is 13.7. The van der Waals surface area contributed by atoms with Crippen molar-refractivity contribution in [1.82, 2.24) is 10.2 Å². The minimum Gasteiger partial charge on any atom is -0.502 e. The largest absolute Gasteiger partial charge is 0.502 e. The lowest BCUT2D eigenvalue weighted by molar-refractivity contribution is -0.386. The van der Waals surface area contributed by atoms with Crippen molar-refractivity contribution < 1.29 is 27.6 Å². The normalized spacial score (nSPS) is 16.7. The summed E-state index contributed by atoms with van der Waals surface area (Å²) in [7, 11) is 0. The van der Waals surface area contributed by atoms with E-state index >= 15 is 0 Å². The summed E-state index contributed by atoms with van der Waals surface area (Å²) in [5.74, 6) is -2.36. The lowest BCUT2D eigenvalue weighted by Gasteiger charge is -2.36. The van der Waals surface area contributed by atoms with Crippen molar-refractivity contribution in [2.45, 2.75) is 12.2 Å². The van der Waals surface area contributed by atoms with Gasteiger partial charge in [0, 0.05) is 31.7 Å². The molecule has 6 nitrogen and oxygen atoms in total. The van der Waals surface area contributed by atoms with Crippen LogP contribution >= 0.6 is 24.8 Å². The van der Waals surface area contributed by atoms with Gasteiger partial charge in [-0.05, 0) is 6.07 Å². The molecule has 1 aromatic rings. The maximum Gasteiger partial charge on any atom is 0.408 e. The molecule has 2 N–H and O–H groups in total. The number of alkyl halides is 3. The zero-order chi connectivity index (χ0) is 16.5. The van der Waals surface area contributed by atoms with Crippen LogP contribution in [0.3, 0.4) is 0 Å². The fraction of sp³-hybridized carbons (Fsp3) is 0.500. The summed E-state index contributed by atoms with van der Waals surface area (Å²) in [5.41, 5.74) is -1.93. The first-order valence-corrected chi connectivity index (χ1v) is 6.40. The van der Waals surface area contributed by atoms with Crippen molar-refractivity contribution in [3.8, 4) is 5.75 Å². The van der Waals surface area contributed by atoms with Gasteiger partial charge in [0.2, 0.25) is 0 Å². The van der Waals surface area contributed by atoms with Gasteiger partial charge in [-0.25, -0.2) is 4.39 Å². The second kappa shape index (κ2) is 8.65. The number of aromatic hydroxyl groups is 1. The van der Waals surface area contributed by atoms with Crippen LogP contribution in [0.25, 0.3) is 0 Å². The minimum absolute atomic E-state index is 0. The van der Waals surface area contributed by atoms with Gasteiger partial charge in [-0.2, -0.15) is 13.2 Å². The van der Waals surface area contributed by atoms with Gasteiger partial charge in [-0.1, -0.05) is 0 Å². The summed E-state index contributed by atoms with van der Waals surface area (Å²) >= 11 is 0. The number of halogens is 6. The monoisotopic (exact) mass is 395 g/mol. The molecule has 138 valence electrons. The van der Waals surface area contributed by atoms with Crippen LogP contribution in [0.1, 0.15) is 11.6 Å². The van der Waals surface area contributed by atoms with E-state index in [9.17, 15) is 32.8 Å². The summed E-state index contributed by atoms with van der Waals surface area (Å²) in [6.07, 6.45) is -4.81. The van der Waals surface area contributed by atoms with Gasteiger partial charge in [-0.15, -0.1) is 24.8 Å². The Morgan fingerprint density at radius 2 is 1.79 bits per heavy atom. The number of rotatable bonds is 3. The Morgan fingerprint density at radius 3 is 2.25 bits per heavy atom. The smallest absolute Gasteiger partial charge is 0.408 e. The molecule has 2 rings (SSSR count). The standard InChI is InChI=1S/C12H13F4N3O3.2ClH/c13-7-5-8(10(20)9(6-7)19(21)22)11(12(14,15)16)18-3-1-17-2-4-18;;/h5-6,11,17,20H,1-4H2;2*1H/t11-;;/m1../s1. The van der Waals surface area contributed by atoms with E-state index in [2.05, 4.69) is 5.32 Å². The lowest BCUT2D eigenvalue weighted by atomic mass is 10.0. The second-order valence-corrected chi connectivity index (χ2v) is 4.85. The molecule has 0 bridgehead atoms. The van der Waals surface area contributed by atoms with E-state index in [1.807, 2.05) is 0 Å². The lowest BCUT2D eigenvalue weighted by Crippen LogP contribution is -2.49. The highest BCUT2D eigenvalue weighted by molar-refractivity contribution is 5.85. The molecule has 1 aliphatic rings. The third-order valence-corrected chi connectivity index (χ3v) is 3.40. The number of hydrogen-bond donors (Lipinski definition) is 2. The summed E-state index contributed by atoms with van der Waals surface area (Å²) in [6.45, 7) is 0.636. The fourth-order valence-electron chi connectivity index (χ4n) is 2.47. The molecule has 0 aliphatic carbocycles. The molecule has 1 aromatic carbocycles. The number of nitrogens with one attached hydrogen (secondary N) is 1. The van der Waals surface area contributed by atoms with Crippen molar-refractivity contribution in [3.63, 3.8) is 0 Å². The Hall–Kier alpha value is -1.36. The van der Waals surface area contributed by atoms with E-state index in [1.165, 1.54) is 0 Å². The second-order valence-electron chi connectivity index (χ2n) is 4.85. The summed E-state index contributed by atoms with van der Waals surface area (Å²) in [5, 5.41) is 23.4. The molecule has 1 saturated heterocycles. The maximum absolute atomic E-state index is 13.5. The van der Waals surface area contributed by atoms with E-state index in [0.717, 1.165) is 4.90 Å². The number of phenols is 1. The van der Waals surface area contributed by atoms with Gasteiger partial charge >= 0.3 is 11.9 Å². The molecule has 0 radical (unpaired) electrons. The number of nitro groups is 1. The van der Waals surface area contributed by atoms with Gasteiger partial charge in [0.15, 0.2) is 5.75 Å². The molecule has 24 heavy (non-hydrogen) atoms. The molecule has 0 saturated carbocycles. The van der Waals surface area contributed by atoms with Gasteiger partial charge in [0.1, 0.15) is 11.9 Å². The van der Waals surface area contributed by atoms with Crippen LogP contribution in [-0.4, -0.2) is 47.3 Å². The molecular weight excluding hydrogens is 381 g/mol. The van der Waals surface area contributed by atoms with E-state index in [1.54, 1.807) is 0 Å². The first-order chi connectivity index (χ1) is 10.2. The Morgan fingerprint density at radius 1 is 1.25 bits per heavy atom. The highest BCUT2D eigenvalue weighted by Crippen LogP contribution is 2.44. The van der Waals surface area contributed by atoms with Crippen LogP contribution in [0.2, 0.25) is 0 Å². The molecule has 1 aliphatic heterocycles.